The van der Waals surface area contributed by atoms with Crippen LogP contribution in [-0.4, -0.2) is 18.1 Å². The lowest BCUT2D eigenvalue weighted by Gasteiger charge is -2.13. The number of hydrogen-bond acceptors (Lipinski definition) is 3. The molecule has 1 saturated carbocycles. The maximum absolute atomic E-state index is 13.5. The van der Waals surface area contributed by atoms with E-state index in [2.05, 4.69) is 16.7 Å². The van der Waals surface area contributed by atoms with Gasteiger partial charge in [0.15, 0.2) is 0 Å². The molecule has 0 radical (unpaired) electrons. The Kier molecular flexibility index (Phi) is 3.37. The Bertz CT molecular complexity index is 872. The third-order valence-electron chi connectivity index (χ3n) is 4.15. The van der Waals surface area contributed by atoms with E-state index < -0.39 is 0 Å². The summed E-state index contributed by atoms with van der Waals surface area (Å²) in [6.45, 7) is 0. The molecule has 116 valence electrons. The molecule has 2 aromatic carbocycles. The van der Waals surface area contributed by atoms with Crippen LogP contribution in [0, 0.1) is 5.82 Å². The molecule has 0 unspecified atom stereocenters. The summed E-state index contributed by atoms with van der Waals surface area (Å²) in [5, 5.41) is 7.82. The summed E-state index contributed by atoms with van der Waals surface area (Å²) in [5.74, 6) is -0.244. The molecular formula is C19H18FN3. The SMILES string of the molecule is CNc1ccc2nc(-c3cccc(F)c3)cc(NC3CC3)c2c1. The van der Waals surface area contributed by atoms with E-state index in [1.54, 1.807) is 6.07 Å². The first-order valence-electron chi connectivity index (χ1n) is 7.88. The van der Waals surface area contributed by atoms with Crippen LogP contribution < -0.4 is 10.6 Å². The highest BCUT2D eigenvalue weighted by atomic mass is 19.1. The summed E-state index contributed by atoms with van der Waals surface area (Å²) in [5.41, 5.74) is 4.61. The Balaban J connectivity index is 1.89. The normalized spacial score (nSPS) is 14.0. The van der Waals surface area contributed by atoms with Gasteiger partial charge in [-0.25, -0.2) is 9.37 Å². The van der Waals surface area contributed by atoms with Crippen LogP contribution in [0.3, 0.4) is 0 Å². The molecular weight excluding hydrogens is 289 g/mol. The molecule has 2 N–H and O–H groups in total. The van der Waals surface area contributed by atoms with Crippen molar-refractivity contribution in [3.63, 3.8) is 0 Å². The van der Waals surface area contributed by atoms with Crippen molar-refractivity contribution >= 4 is 22.3 Å². The number of nitrogens with zero attached hydrogens (tertiary/aromatic N) is 1. The fraction of sp³-hybridized carbons (Fsp3) is 0.211. The van der Waals surface area contributed by atoms with Crippen molar-refractivity contribution in [2.45, 2.75) is 18.9 Å². The minimum Gasteiger partial charge on any atom is -0.388 e. The first kappa shape index (κ1) is 14.0. The molecule has 3 nitrogen and oxygen atoms in total. The van der Waals surface area contributed by atoms with Gasteiger partial charge in [-0.1, -0.05) is 12.1 Å². The van der Waals surface area contributed by atoms with Gasteiger partial charge in [-0.15, -0.1) is 0 Å². The third-order valence-corrected chi connectivity index (χ3v) is 4.15. The average molecular weight is 307 g/mol. The zero-order chi connectivity index (χ0) is 15.8. The van der Waals surface area contributed by atoms with E-state index in [0.29, 0.717) is 6.04 Å². The highest BCUT2D eigenvalue weighted by Gasteiger charge is 2.22. The minimum absolute atomic E-state index is 0.244. The van der Waals surface area contributed by atoms with E-state index in [4.69, 9.17) is 4.98 Å². The van der Waals surface area contributed by atoms with E-state index in [1.807, 2.05) is 31.3 Å². The molecule has 1 aromatic heterocycles. The average Bonchev–Trinajstić information content (AvgIpc) is 3.38. The topological polar surface area (TPSA) is 37.0 Å². The van der Waals surface area contributed by atoms with E-state index in [1.165, 1.54) is 25.0 Å². The van der Waals surface area contributed by atoms with Gasteiger partial charge < -0.3 is 10.6 Å². The molecule has 0 atom stereocenters. The molecule has 1 fully saturated rings. The second kappa shape index (κ2) is 5.54. The number of nitrogens with one attached hydrogen (secondary N) is 2. The standard InChI is InChI=1S/C19H18FN3/c1-21-15-7-8-17-16(10-15)19(22-14-5-6-14)11-18(23-17)12-3-2-4-13(20)9-12/h2-4,7-11,14,21H,5-6H2,1H3,(H,22,23). The molecule has 1 heterocycles. The summed E-state index contributed by atoms with van der Waals surface area (Å²) in [6.07, 6.45) is 2.40. The number of hydrogen-bond donors (Lipinski definition) is 2. The zero-order valence-corrected chi connectivity index (χ0v) is 12.9. The molecule has 0 aliphatic heterocycles. The minimum atomic E-state index is -0.244. The predicted octanol–water partition coefficient (Wildman–Crippen LogP) is 4.66. The van der Waals surface area contributed by atoms with Crippen molar-refractivity contribution in [3.05, 3.63) is 54.3 Å². The van der Waals surface area contributed by atoms with Crippen LogP contribution in [0.4, 0.5) is 15.8 Å². The van der Waals surface area contributed by atoms with Crippen molar-refractivity contribution in [3.8, 4) is 11.3 Å². The van der Waals surface area contributed by atoms with Crippen molar-refractivity contribution in [2.24, 2.45) is 0 Å². The Labute approximate surface area is 134 Å². The van der Waals surface area contributed by atoms with Crippen LogP contribution in [0.1, 0.15) is 12.8 Å². The summed E-state index contributed by atoms with van der Waals surface area (Å²) < 4.78 is 13.5. The highest BCUT2D eigenvalue weighted by Crippen LogP contribution is 2.33. The largest absolute Gasteiger partial charge is 0.388 e. The molecule has 4 rings (SSSR count). The van der Waals surface area contributed by atoms with Crippen molar-refractivity contribution in [1.82, 2.24) is 4.98 Å². The number of pyridine rings is 1. The molecule has 3 aromatic rings. The Morgan fingerprint density at radius 2 is 1.96 bits per heavy atom. The van der Waals surface area contributed by atoms with Crippen LogP contribution in [-0.2, 0) is 0 Å². The Morgan fingerprint density at radius 1 is 1.09 bits per heavy atom. The Morgan fingerprint density at radius 3 is 2.70 bits per heavy atom. The summed E-state index contributed by atoms with van der Waals surface area (Å²) in [6, 6.07) is 15.3. The predicted molar refractivity (Wildman–Crippen MR) is 93.3 cm³/mol. The van der Waals surface area contributed by atoms with Gasteiger partial charge in [0.2, 0.25) is 0 Å². The number of aromatic nitrogens is 1. The van der Waals surface area contributed by atoms with Crippen molar-refractivity contribution in [2.75, 3.05) is 17.7 Å². The first-order valence-corrected chi connectivity index (χ1v) is 7.88. The highest BCUT2D eigenvalue weighted by molar-refractivity contribution is 5.96. The lowest BCUT2D eigenvalue weighted by molar-refractivity contribution is 0.628. The number of halogens is 1. The Hall–Kier alpha value is -2.62. The summed E-state index contributed by atoms with van der Waals surface area (Å²) in [4.78, 5) is 4.72. The van der Waals surface area contributed by atoms with Crippen LogP contribution in [0.15, 0.2) is 48.5 Å². The van der Waals surface area contributed by atoms with E-state index in [-0.39, 0.29) is 5.82 Å². The monoisotopic (exact) mass is 307 g/mol. The molecule has 0 spiro atoms. The van der Waals surface area contributed by atoms with Gasteiger partial charge >= 0.3 is 0 Å². The molecule has 4 heteroatoms. The van der Waals surface area contributed by atoms with Gasteiger partial charge in [-0.2, -0.15) is 0 Å². The van der Waals surface area contributed by atoms with Gasteiger partial charge in [0.25, 0.3) is 0 Å². The van der Waals surface area contributed by atoms with E-state index in [9.17, 15) is 4.39 Å². The maximum Gasteiger partial charge on any atom is 0.123 e. The first-order chi connectivity index (χ1) is 11.2. The van der Waals surface area contributed by atoms with Crippen LogP contribution in [0.25, 0.3) is 22.2 Å². The second-order valence-corrected chi connectivity index (χ2v) is 5.97. The van der Waals surface area contributed by atoms with Crippen LogP contribution in [0.5, 0.6) is 0 Å². The third kappa shape index (κ3) is 2.84. The van der Waals surface area contributed by atoms with Gasteiger partial charge in [-0.3, -0.25) is 0 Å². The van der Waals surface area contributed by atoms with Gasteiger partial charge in [0, 0.05) is 35.4 Å². The number of benzene rings is 2. The molecule has 0 amide bonds. The second-order valence-electron chi connectivity index (χ2n) is 5.97. The lowest BCUT2D eigenvalue weighted by atomic mass is 10.1. The lowest BCUT2D eigenvalue weighted by Crippen LogP contribution is -2.03. The summed E-state index contributed by atoms with van der Waals surface area (Å²) >= 11 is 0. The fourth-order valence-electron chi connectivity index (χ4n) is 2.74. The summed E-state index contributed by atoms with van der Waals surface area (Å²) in [7, 11) is 1.91. The van der Waals surface area contributed by atoms with Crippen molar-refractivity contribution in [1.29, 1.82) is 0 Å². The van der Waals surface area contributed by atoms with Crippen molar-refractivity contribution < 1.29 is 4.39 Å². The molecule has 23 heavy (non-hydrogen) atoms. The van der Waals surface area contributed by atoms with E-state index >= 15 is 0 Å². The van der Waals surface area contributed by atoms with Crippen LogP contribution >= 0.6 is 0 Å². The number of anilines is 2. The molecule has 0 saturated heterocycles. The molecule has 1 aliphatic rings. The van der Waals surface area contributed by atoms with Gasteiger partial charge in [-0.05, 0) is 49.2 Å². The molecule has 1 aliphatic carbocycles. The number of fused-ring (bicyclic) bond motifs is 1. The van der Waals surface area contributed by atoms with Gasteiger partial charge in [0.1, 0.15) is 5.82 Å². The van der Waals surface area contributed by atoms with Crippen LogP contribution in [0.2, 0.25) is 0 Å². The van der Waals surface area contributed by atoms with Gasteiger partial charge in [0.05, 0.1) is 11.2 Å². The maximum atomic E-state index is 13.5. The number of rotatable bonds is 4. The smallest absolute Gasteiger partial charge is 0.123 e. The van der Waals surface area contributed by atoms with E-state index in [0.717, 1.165) is 33.5 Å². The molecule has 0 bridgehead atoms. The quantitative estimate of drug-likeness (QED) is 0.736. The fourth-order valence-corrected chi connectivity index (χ4v) is 2.74. The zero-order valence-electron chi connectivity index (χ0n) is 12.9.